The Bertz CT molecular complexity index is 1160. The van der Waals surface area contributed by atoms with E-state index in [0.717, 1.165) is 12.0 Å². The van der Waals surface area contributed by atoms with Gasteiger partial charge < -0.3 is 11.1 Å². The molecular formula is C23H24N4O2. The molecule has 0 spiro atoms. The number of fused-ring (bicyclic) bond motifs is 1. The van der Waals surface area contributed by atoms with Gasteiger partial charge in [0.25, 0.3) is 5.91 Å². The molecule has 4 N–H and O–H groups in total. The Morgan fingerprint density at radius 2 is 1.93 bits per heavy atom. The zero-order valence-corrected chi connectivity index (χ0v) is 16.5. The largest absolute Gasteiger partial charge is 0.383 e. The zero-order chi connectivity index (χ0) is 20.6. The number of carbonyl (C=O) groups is 1. The molecule has 3 aromatic rings. The summed E-state index contributed by atoms with van der Waals surface area (Å²) in [4.78, 5) is 27.7. The lowest BCUT2D eigenvalue weighted by atomic mass is 9.73. The number of hydrogen-bond donors (Lipinski definition) is 3. The first kappa shape index (κ1) is 18.8. The molecule has 6 nitrogen and oxygen atoms in total. The monoisotopic (exact) mass is 388 g/mol. The van der Waals surface area contributed by atoms with E-state index < -0.39 is 0 Å². The summed E-state index contributed by atoms with van der Waals surface area (Å²) < 4.78 is 1.55. The lowest BCUT2D eigenvalue weighted by Gasteiger charge is -2.36. The van der Waals surface area contributed by atoms with Crippen LogP contribution in [0.5, 0.6) is 0 Å². The maximum absolute atomic E-state index is 12.5. The first-order chi connectivity index (χ1) is 13.9. The number of aromatic nitrogens is 2. The van der Waals surface area contributed by atoms with Gasteiger partial charge >= 0.3 is 5.69 Å². The summed E-state index contributed by atoms with van der Waals surface area (Å²) in [5, 5.41) is 3.01. The number of hydrogen-bond acceptors (Lipinski definition) is 3. The summed E-state index contributed by atoms with van der Waals surface area (Å²) in [6, 6.07) is 15.7. The molecule has 148 valence electrons. The number of amides is 1. The highest BCUT2D eigenvalue weighted by atomic mass is 16.2. The van der Waals surface area contributed by atoms with Crippen LogP contribution in [0.25, 0.3) is 11.8 Å². The van der Waals surface area contributed by atoms with Gasteiger partial charge in [0.2, 0.25) is 0 Å². The highest BCUT2D eigenvalue weighted by molar-refractivity contribution is 5.97. The minimum Gasteiger partial charge on any atom is -0.383 e. The standard InChI is InChI=1S/C23H24N4O2/c1-3-7-19-20(24)26-22(29)27(19)16-10-11-17-18(12-16)23(2,14-25-21(17)28)13-15-8-5-4-6-9-15/h3-12H,13-14,24H2,1-2H3,(H,25,28)(H,26,29)/b7-3-. The number of carbonyl (C=O) groups excluding carboxylic acids is 1. The Morgan fingerprint density at radius 1 is 1.17 bits per heavy atom. The number of nitrogens with one attached hydrogen (secondary N) is 2. The van der Waals surface area contributed by atoms with E-state index in [0.29, 0.717) is 29.3 Å². The summed E-state index contributed by atoms with van der Waals surface area (Å²) in [6.07, 6.45) is 4.40. The molecule has 1 aliphatic rings. The molecule has 0 aliphatic carbocycles. The molecule has 1 aromatic heterocycles. The minimum absolute atomic E-state index is 0.0910. The highest BCUT2D eigenvalue weighted by Gasteiger charge is 2.36. The van der Waals surface area contributed by atoms with Crippen molar-refractivity contribution in [3.05, 3.63) is 87.5 Å². The number of allylic oxidation sites excluding steroid dienone is 1. The molecule has 0 fully saturated rings. The molecule has 1 unspecified atom stereocenters. The van der Waals surface area contributed by atoms with Crippen LogP contribution in [0.2, 0.25) is 0 Å². The van der Waals surface area contributed by atoms with Crippen LogP contribution in [0.1, 0.15) is 41.0 Å². The van der Waals surface area contributed by atoms with Crippen molar-refractivity contribution in [1.82, 2.24) is 14.9 Å². The van der Waals surface area contributed by atoms with Crippen LogP contribution < -0.4 is 16.7 Å². The molecule has 2 aromatic carbocycles. The van der Waals surface area contributed by atoms with Crippen LogP contribution in [0.3, 0.4) is 0 Å². The third kappa shape index (κ3) is 3.27. The number of nitrogens with zero attached hydrogens (tertiary/aromatic N) is 1. The predicted octanol–water partition coefficient (Wildman–Crippen LogP) is 3.02. The summed E-state index contributed by atoms with van der Waals surface area (Å²) in [5.41, 5.74) is 9.44. The van der Waals surface area contributed by atoms with Crippen molar-refractivity contribution in [3.8, 4) is 5.69 Å². The Kier molecular flexibility index (Phi) is 4.62. The summed E-state index contributed by atoms with van der Waals surface area (Å²) in [5.74, 6) is 0.224. The van der Waals surface area contributed by atoms with Gasteiger partial charge in [-0.1, -0.05) is 43.3 Å². The molecule has 0 saturated heterocycles. The summed E-state index contributed by atoms with van der Waals surface area (Å²) >= 11 is 0. The molecule has 4 rings (SSSR count). The van der Waals surface area contributed by atoms with E-state index in [1.807, 2.05) is 37.3 Å². The molecule has 0 saturated carbocycles. The van der Waals surface area contributed by atoms with Crippen molar-refractivity contribution < 1.29 is 4.79 Å². The lowest BCUT2D eigenvalue weighted by molar-refractivity contribution is 0.0927. The normalized spacial score (nSPS) is 18.6. The topological polar surface area (TPSA) is 92.9 Å². The average Bonchev–Trinajstić information content (AvgIpc) is 2.99. The Morgan fingerprint density at radius 3 is 2.66 bits per heavy atom. The van der Waals surface area contributed by atoms with Crippen LogP contribution in [0.15, 0.2) is 59.4 Å². The number of imidazole rings is 1. The maximum atomic E-state index is 12.5. The van der Waals surface area contributed by atoms with Crippen LogP contribution in [0, 0.1) is 0 Å². The molecule has 0 bridgehead atoms. The van der Waals surface area contributed by atoms with Gasteiger partial charge in [0, 0.05) is 17.5 Å². The number of benzene rings is 2. The quantitative estimate of drug-likeness (QED) is 0.641. The second kappa shape index (κ2) is 7.13. The Labute approximate surface area is 169 Å². The highest BCUT2D eigenvalue weighted by Crippen LogP contribution is 2.35. The molecule has 2 heterocycles. The smallest absolute Gasteiger partial charge is 0.332 e. The number of nitrogen functional groups attached to an aromatic ring is 1. The van der Waals surface area contributed by atoms with Crippen LogP contribution in [0.4, 0.5) is 5.82 Å². The maximum Gasteiger partial charge on any atom is 0.332 e. The van der Waals surface area contributed by atoms with E-state index >= 15 is 0 Å². The van der Waals surface area contributed by atoms with E-state index in [1.165, 1.54) is 5.56 Å². The number of H-pyrrole nitrogens is 1. The minimum atomic E-state index is -0.305. The molecule has 0 radical (unpaired) electrons. The van der Waals surface area contributed by atoms with Gasteiger partial charge in [-0.15, -0.1) is 0 Å². The van der Waals surface area contributed by atoms with Crippen LogP contribution in [-0.2, 0) is 11.8 Å². The number of aromatic amines is 1. The van der Waals surface area contributed by atoms with Crippen LogP contribution in [-0.4, -0.2) is 22.0 Å². The SMILES string of the molecule is C/C=C\c1c(N)[nH]c(=O)n1-c1ccc2c(c1)C(C)(Cc1ccccc1)CNC2=O. The molecule has 1 amide bonds. The van der Waals surface area contributed by atoms with Crippen molar-refractivity contribution in [2.75, 3.05) is 12.3 Å². The van der Waals surface area contributed by atoms with E-state index in [2.05, 4.69) is 29.4 Å². The van der Waals surface area contributed by atoms with Gasteiger partial charge in [0.15, 0.2) is 0 Å². The fourth-order valence-electron chi connectivity index (χ4n) is 4.08. The first-order valence-electron chi connectivity index (χ1n) is 9.63. The van der Waals surface area contributed by atoms with Gasteiger partial charge in [0.1, 0.15) is 5.82 Å². The van der Waals surface area contributed by atoms with Crippen molar-refractivity contribution >= 4 is 17.8 Å². The number of nitrogens with two attached hydrogens (primary N) is 1. The van der Waals surface area contributed by atoms with Gasteiger partial charge in [0.05, 0.1) is 11.4 Å². The third-order valence-electron chi connectivity index (χ3n) is 5.52. The fourth-order valence-corrected chi connectivity index (χ4v) is 4.08. The molecule has 6 heteroatoms. The van der Waals surface area contributed by atoms with Gasteiger partial charge in [-0.2, -0.15) is 0 Å². The summed E-state index contributed by atoms with van der Waals surface area (Å²) in [7, 11) is 0. The lowest BCUT2D eigenvalue weighted by Crippen LogP contribution is -2.46. The molecule has 1 aliphatic heterocycles. The van der Waals surface area contributed by atoms with E-state index in [-0.39, 0.29) is 17.0 Å². The number of anilines is 1. The second-order valence-corrected chi connectivity index (χ2v) is 7.70. The fraction of sp³-hybridized carbons (Fsp3) is 0.217. The van der Waals surface area contributed by atoms with Crippen molar-refractivity contribution in [2.45, 2.75) is 25.7 Å². The van der Waals surface area contributed by atoms with Gasteiger partial charge in [-0.3, -0.25) is 14.3 Å². The van der Waals surface area contributed by atoms with Gasteiger partial charge in [-0.25, -0.2) is 4.79 Å². The van der Waals surface area contributed by atoms with Crippen molar-refractivity contribution in [3.63, 3.8) is 0 Å². The second-order valence-electron chi connectivity index (χ2n) is 7.70. The molecule has 1 atom stereocenters. The first-order valence-corrected chi connectivity index (χ1v) is 9.63. The van der Waals surface area contributed by atoms with E-state index in [9.17, 15) is 9.59 Å². The third-order valence-corrected chi connectivity index (χ3v) is 5.52. The van der Waals surface area contributed by atoms with E-state index in [4.69, 9.17) is 5.73 Å². The Balaban J connectivity index is 1.87. The van der Waals surface area contributed by atoms with Gasteiger partial charge in [-0.05, 0) is 48.7 Å². The van der Waals surface area contributed by atoms with E-state index in [1.54, 1.807) is 22.8 Å². The zero-order valence-electron chi connectivity index (χ0n) is 16.5. The van der Waals surface area contributed by atoms with Crippen molar-refractivity contribution in [2.24, 2.45) is 0 Å². The van der Waals surface area contributed by atoms with Crippen molar-refractivity contribution in [1.29, 1.82) is 0 Å². The van der Waals surface area contributed by atoms with Crippen LogP contribution >= 0.6 is 0 Å². The Hall–Kier alpha value is -3.54. The molecular weight excluding hydrogens is 364 g/mol. The predicted molar refractivity (Wildman–Crippen MR) is 115 cm³/mol. The summed E-state index contributed by atoms with van der Waals surface area (Å²) in [6.45, 7) is 4.54. The average molecular weight is 388 g/mol. The number of rotatable bonds is 4. The molecule has 29 heavy (non-hydrogen) atoms.